The van der Waals surface area contributed by atoms with Gasteiger partial charge < -0.3 is 5.32 Å². The average molecular weight is 277 g/mol. The van der Waals surface area contributed by atoms with Crippen LogP contribution in [0.5, 0.6) is 0 Å². The molecule has 0 spiro atoms. The zero-order chi connectivity index (χ0) is 13.7. The van der Waals surface area contributed by atoms with Crippen LogP contribution in [0.25, 0.3) is 0 Å². The summed E-state index contributed by atoms with van der Waals surface area (Å²) in [7, 11) is 2.10. The fraction of sp³-hybridized carbons (Fsp3) is 0.647. The van der Waals surface area contributed by atoms with E-state index in [1.54, 1.807) is 5.56 Å². The molecule has 106 valence electrons. The Bertz CT molecular complexity index is 387. The highest BCUT2D eigenvalue weighted by atomic mass is 32.2. The zero-order valence-electron chi connectivity index (χ0n) is 12.5. The normalized spacial score (nSPS) is 18.9. The molecule has 0 heterocycles. The second-order valence-electron chi connectivity index (χ2n) is 5.65. The van der Waals surface area contributed by atoms with E-state index in [-0.39, 0.29) is 0 Å². The molecule has 0 aliphatic heterocycles. The molecule has 0 saturated heterocycles. The van der Waals surface area contributed by atoms with Gasteiger partial charge >= 0.3 is 0 Å². The summed E-state index contributed by atoms with van der Waals surface area (Å²) in [5.74, 6) is 2.00. The molecule has 2 atom stereocenters. The van der Waals surface area contributed by atoms with E-state index in [2.05, 4.69) is 62.2 Å². The lowest BCUT2D eigenvalue weighted by atomic mass is 9.77. The van der Waals surface area contributed by atoms with E-state index >= 15 is 0 Å². The first-order valence-electron chi connectivity index (χ1n) is 7.64. The third kappa shape index (κ3) is 3.76. The van der Waals surface area contributed by atoms with Crippen molar-refractivity contribution in [3.63, 3.8) is 0 Å². The van der Waals surface area contributed by atoms with Gasteiger partial charge in [0.15, 0.2) is 0 Å². The van der Waals surface area contributed by atoms with Gasteiger partial charge in [-0.05, 0) is 43.4 Å². The molecule has 2 heteroatoms. The van der Waals surface area contributed by atoms with Crippen LogP contribution in [0.3, 0.4) is 0 Å². The van der Waals surface area contributed by atoms with Gasteiger partial charge in [-0.1, -0.05) is 44.5 Å². The molecular weight excluding hydrogens is 250 g/mol. The number of hydrogen-bond donors (Lipinski definition) is 1. The lowest BCUT2D eigenvalue weighted by Crippen LogP contribution is -2.23. The first kappa shape index (κ1) is 14.9. The van der Waals surface area contributed by atoms with Crippen molar-refractivity contribution in [3.8, 4) is 0 Å². The van der Waals surface area contributed by atoms with Crippen molar-refractivity contribution in [2.24, 2.45) is 0 Å². The van der Waals surface area contributed by atoms with Crippen LogP contribution >= 0.6 is 11.8 Å². The summed E-state index contributed by atoms with van der Waals surface area (Å²) in [5.41, 5.74) is 3.13. The Kier molecular flexibility index (Phi) is 5.77. The van der Waals surface area contributed by atoms with Gasteiger partial charge in [-0.3, -0.25) is 0 Å². The average Bonchev–Trinajstić information content (AvgIpc) is 2.38. The molecule has 0 aromatic heterocycles. The third-order valence-electron chi connectivity index (χ3n) is 4.39. The molecule has 1 aliphatic carbocycles. The lowest BCUT2D eigenvalue weighted by Gasteiger charge is -2.30. The minimum absolute atomic E-state index is 0.496. The molecule has 19 heavy (non-hydrogen) atoms. The van der Waals surface area contributed by atoms with E-state index in [4.69, 9.17) is 0 Å². The standard InChI is InChI=1S/C17H27NS/c1-4-13(2)19-12-17(18-3)16-11-6-5-10-15(16)14-8-7-9-14/h5-6,10-11,13-14,17-18H,4,7-9,12H2,1-3H3. The maximum absolute atomic E-state index is 3.52. The summed E-state index contributed by atoms with van der Waals surface area (Å²) in [4.78, 5) is 0. The minimum atomic E-state index is 0.496. The molecule has 2 rings (SSSR count). The fourth-order valence-corrected chi connectivity index (χ4v) is 3.73. The quantitative estimate of drug-likeness (QED) is 0.772. The second kappa shape index (κ2) is 7.35. The summed E-state index contributed by atoms with van der Waals surface area (Å²) < 4.78 is 0. The van der Waals surface area contributed by atoms with E-state index in [1.165, 1.54) is 37.0 Å². The Labute approximate surface area is 122 Å². The monoisotopic (exact) mass is 277 g/mol. The van der Waals surface area contributed by atoms with Gasteiger partial charge in [-0.2, -0.15) is 11.8 Å². The van der Waals surface area contributed by atoms with Crippen LogP contribution in [0, 0.1) is 0 Å². The molecule has 0 bridgehead atoms. The van der Waals surface area contributed by atoms with Crippen LogP contribution in [-0.4, -0.2) is 18.1 Å². The molecular formula is C17H27NS. The van der Waals surface area contributed by atoms with Crippen molar-refractivity contribution in [3.05, 3.63) is 35.4 Å². The van der Waals surface area contributed by atoms with Crippen LogP contribution in [0.2, 0.25) is 0 Å². The third-order valence-corrected chi connectivity index (χ3v) is 5.82. The van der Waals surface area contributed by atoms with Gasteiger partial charge in [0.05, 0.1) is 0 Å². The molecule has 1 saturated carbocycles. The topological polar surface area (TPSA) is 12.0 Å². The van der Waals surface area contributed by atoms with E-state index < -0.39 is 0 Å². The summed E-state index contributed by atoms with van der Waals surface area (Å²) in [5, 5.41) is 4.28. The van der Waals surface area contributed by atoms with Gasteiger partial charge in [0.25, 0.3) is 0 Å². The summed E-state index contributed by atoms with van der Waals surface area (Å²) >= 11 is 2.09. The molecule has 1 aliphatic rings. The summed E-state index contributed by atoms with van der Waals surface area (Å²) in [6, 6.07) is 9.56. The second-order valence-corrected chi connectivity index (χ2v) is 7.12. The molecule has 1 aromatic rings. The summed E-state index contributed by atoms with van der Waals surface area (Å²) in [6.07, 6.45) is 5.42. The molecule has 1 nitrogen and oxygen atoms in total. The molecule has 0 radical (unpaired) electrons. The highest BCUT2D eigenvalue weighted by Gasteiger charge is 2.24. The molecule has 2 unspecified atom stereocenters. The van der Waals surface area contributed by atoms with Gasteiger partial charge in [-0.15, -0.1) is 0 Å². The highest BCUT2D eigenvalue weighted by Crippen LogP contribution is 2.40. The van der Waals surface area contributed by atoms with Crippen molar-refractivity contribution in [1.29, 1.82) is 0 Å². The Morgan fingerprint density at radius 2 is 2.05 bits per heavy atom. The minimum Gasteiger partial charge on any atom is -0.312 e. The van der Waals surface area contributed by atoms with E-state index in [9.17, 15) is 0 Å². The lowest BCUT2D eigenvalue weighted by molar-refractivity contribution is 0.414. The first-order chi connectivity index (χ1) is 9.26. The molecule has 1 fully saturated rings. The predicted molar refractivity (Wildman–Crippen MR) is 87.0 cm³/mol. The van der Waals surface area contributed by atoms with Gasteiger partial charge in [0.1, 0.15) is 0 Å². The highest BCUT2D eigenvalue weighted by molar-refractivity contribution is 7.99. The Morgan fingerprint density at radius 3 is 2.63 bits per heavy atom. The number of hydrogen-bond acceptors (Lipinski definition) is 2. The number of benzene rings is 1. The predicted octanol–water partition coefficient (Wildman–Crippen LogP) is 4.75. The van der Waals surface area contributed by atoms with E-state index in [1.807, 2.05) is 0 Å². The van der Waals surface area contributed by atoms with Crippen LogP contribution in [0.1, 0.15) is 62.6 Å². The van der Waals surface area contributed by atoms with Crippen LogP contribution in [-0.2, 0) is 0 Å². The van der Waals surface area contributed by atoms with Gasteiger partial charge in [-0.25, -0.2) is 0 Å². The largest absolute Gasteiger partial charge is 0.312 e. The van der Waals surface area contributed by atoms with Crippen molar-refractivity contribution in [2.45, 2.75) is 56.7 Å². The fourth-order valence-electron chi connectivity index (χ4n) is 2.63. The van der Waals surface area contributed by atoms with Crippen LogP contribution in [0.15, 0.2) is 24.3 Å². The molecule has 1 N–H and O–H groups in total. The maximum atomic E-state index is 3.52. The SMILES string of the molecule is CCC(C)SCC(NC)c1ccccc1C1CCC1. The van der Waals surface area contributed by atoms with Crippen molar-refractivity contribution >= 4 is 11.8 Å². The van der Waals surface area contributed by atoms with E-state index in [0.717, 1.165) is 11.2 Å². The van der Waals surface area contributed by atoms with Crippen LogP contribution < -0.4 is 5.32 Å². The molecule has 0 amide bonds. The van der Waals surface area contributed by atoms with Crippen molar-refractivity contribution in [2.75, 3.05) is 12.8 Å². The van der Waals surface area contributed by atoms with Gasteiger partial charge in [0.2, 0.25) is 0 Å². The maximum Gasteiger partial charge on any atom is 0.0412 e. The number of nitrogens with one attached hydrogen (secondary N) is 1. The van der Waals surface area contributed by atoms with Crippen molar-refractivity contribution in [1.82, 2.24) is 5.32 Å². The Morgan fingerprint density at radius 1 is 1.32 bits per heavy atom. The zero-order valence-corrected chi connectivity index (χ0v) is 13.3. The van der Waals surface area contributed by atoms with E-state index in [0.29, 0.717) is 6.04 Å². The van der Waals surface area contributed by atoms with Crippen molar-refractivity contribution < 1.29 is 0 Å². The Hall–Kier alpha value is -0.470. The first-order valence-corrected chi connectivity index (χ1v) is 8.68. The number of rotatable bonds is 7. The smallest absolute Gasteiger partial charge is 0.0412 e. The number of thioether (sulfide) groups is 1. The van der Waals surface area contributed by atoms with Gasteiger partial charge in [0, 0.05) is 17.0 Å². The van der Waals surface area contributed by atoms with Crippen LogP contribution in [0.4, 0.5) is 0 Å². The summed E-state index contributed by atoms with van der Waals surface area (Å²) in [6.45, 7) is 4.60. The molecule has 1 aromatic carbocycles. The Balaban J connectivity index is 2.08.